The zero-order chi connectivity index (χ0) is 21.7. The molecule has 5 rings (SSSR count). The summed E-state index contributed by atoms with van der Waals surface area (Å²) in [6.07, 6.45) is 3.73. The Morgan fingerprint density at radius 1 is 0.903 bits per heavy atom. The minimum absolute atomic E-state index is 0.257. The van der Waals surface area contributed by atoms with Gasteiger partial charge in [-0.2, -0.15) is 0 Å². The van der Waals surface area contributed by atoms with Gasteiger partial charge < -0.3 is 0 Å². The molecule has 3 aromatic carbocycles. The van der Waals surface area contributed by atoms with Gasteiger partial charge in [-0.1, -0.05) is 64.1 Å². The van der Waals surface area contributed by atoms with Crippen LogP contribution in [0, 0.1) is 5.82 Å². The Kier molecular flexibility index (Phi) is 4.90. The van der Waals surface area contributed by atoms with Crippen LogP contribution in [0.2, 0.25) is 0 Å². The highest BCUT2D eigenvalue weighted by atomic mass is 32.1. The van der Waals surface area contributed by atoms with Crippen LogP contribution in [-0.4, -0.2) is 9.55 Å². The van der Waals surface area contributed by atoms with E-state index in [9.17, 15) is 4.39 Å². The molecule has 2 aromatic heterocycles. The number of nitrogens with zero attached hydrogens (tertiary/aromatic N) is 2. The van der Waals surface area contributed by atoms with Crippen molar-refractivity contribution < 1.29 is 4.39 Å². The molecule has 0 radical (unpaired) electrons. The molecule has 0 amide bonds. The number of thiophene rings is 1. The summed E-state index contributed by atoms with van der Waals surface area (Å²) in [5.41, 5.74) is 4.27. The van der Waals surface area contributed by atoms with Gasteiger partial charge in [0.15, 0.2) is 0 Å². The molecule has 0 aliphatic carbocycles. The van der Waals surface area contributed by atoms with Gasteiger partial charge in [-0.3, -0.25) is 4.57 Å². The third kappa shape index (κ3) is 3.17. The minimum Gasteiger partial charge on any atom is -0.298 e. The SMILES string of the molecule is CC(C)c1cc(C(C)C)c2c(sc3ccccc32)c1-n1ccnc1-c1ccccc1F. The van der Waals surface area contributed by atoms with E-state index < -0.39 is 0 Å². The van der Waals surface area contributed by atoms with E-state index in [1.165, 1.54) is 37.4 Å². The van der Waals surface area contributed by atoms with Gasteiger partial charge in [0, 0.05) is 27.9 Å². The van der Waals surface area contributed by atoms with Crippen LogP contribution in [0.5, 0.6) is 0 Å². The summed E-state index contributed by atoms with van der Waals surface area (Å²) in [6.45, 7) is 8.96. The van der Waals surface area contributed by atoms with Crippen molar-refractivity contribution >= 4 is 31.5 Å². The van der Waals surface area contributed by atoms with Crippen LogP contribution in [0.3, 0.4) is 0 Å². The van der Waals surface area contributed by atoms with Gasteiger partial charge in [-0.15, -0.1) is 11.3 Å². The van der Waals surface area contributed by atoms with Crippen molar-refractivity contribution in [3.8, 4) is 17.1 Å². The maximum atomic E-state index is 14.7. The maximum absolute atomic E-state index is 14.7. The second-order valence-electron chi connectivity index (χ2n) is 8.62. The molecular weight excluding hydrogens is 403 g/mol. The van der Waals surface area contributed by atoms with Crippen LogP contribution >= 0.6 is 11.3 Å². The highest BCUT2D eigenvalue weighted by Gasteiger charge is 2.23. The number of fused-ring (bicyclic) bond motifs is 3. The molecule has 0 aliphatic rings. The molecule has 0 fully saturated rings. The largest absolute Gasteiger partial charge is 0.298 e. The normalized spacial score (nSPS) is 12.0. The van der Waals surface area contributed by atoms with Crippen molar-refractivity contribution in [2.45, 2.75) is 39.5 Å². The first kappa shape index (κ1) is 20.0. The highest BCUT2D eigenvalue weighted by molar-refractivity contribution is 7.26. The summed E-state index contributed by atoms with van der Waals surface area (Å²) >= 11 is 1.82. The lowest BCUT2D eigenvalue weighted by Gasteiger charge is -2.21. The summed E-state index contributed by atoms with van der Waals surface area (Å²) < 4.78 is 19.3. The number of hydrogen-bond donors (Lipinski definition) is 0. The molecule has 31 heavy (non-hydrogen) atoms. The van der Waals surface area contributed by atoms with E-state index in [4.69, 9.17) is 0 Å². The van der Waals surface area contributed by atoms with E-state index in [1.54, 1.807) is 18.3 Å². The fourth-order valence-corrected chi connectivity index (χ4v) is 5.70. The highest BCUT2D eigenvalue weighted by Crippen LogP contribution is 2.45. The van der Waals surface area contributed by atoms with Crippen LogP contribution in [-0.2, 0) is 0 Å². The van der Waals surface area contributed by atoms with Crippen LogP contribution in [0.4, 0.5) is 4.39 Å². The Morgan fingerprint density at radius 3 is 2.35 bits per heavy atom. The summed E-state index contributed by atoms with van der Waals surface area (Å²) in [5.74, 6) is 1.10. The van der Waals surface area contributed by atoms with Gasteiger partial charge in [0.05, 0.1) is 16.0 Å². The number of halogens is 1. The zero-order valence-corrected chi connectivity index (χ0v) is 19.0. The lowest BCUT2D eigenvalue weighted by molar-refractivity contribution is 0.629. The van der Waals surface area contributed by atoms with Gasteiger partial charge in [-0.05, 0) is 41.2 Å². The Balaban J connectivity index is 1.93. The minimum atomic E-state index is -0.257. The molecule has 4 heteroatoms. The van der Waals surface area contributed by atoms with E-state index in [-0.39, 0.29) is 5.82 Å². The molecule has 0 atom stereocenters. The van der Waals surface area contributed by atoms with Crippen molar-refractivity contribution in [2.75, 3.05) is 0 Å². The lowest BCUT2D eigenvalue weighted by atomic mass is 9.90. The molecule has 0 spiro atoms. The fourth-order valence-electron chi connectivity index (χ4n) is 4.41. The first-order valence-corrected chi connectivity index (χ1v) is 11.6. The molecule has 5 aromatic rings. The van der Waals surface area contributed by atoms with Crippen LogP contribution in [0.1, 0.15) is 50.7 Å². The molecule has 0 saturated carbocycles. The molecular formula is C27H25FN2S. The van der Waals surface area contributed by atoms with E-state index >= 15 is 0 Å². The van der Waals surface area contributed by atoms with Gasteiger partial charge in [0.25, 0.3) is 0 Å². The van der Waals surface area contributed by atoms with Crippen molar-refractivity contribution in [3.63, 3.8) is 0 Å². The van der Waals surface area contributed by atoms with Crippen molar-refractivity contribution in [1.29, 1.82) is 0 Å². The molecule has 0 saturated heterocycles. The number of benzene rings is 3. The van der Waals surface area contributed by atoms with Gasteiger partial charge in [0.1, 0.15) is 11.6 Å². The van der Waals surface area contributed by atoms with E-state index in [2.05, 4.69) is 67.6 Å². The Morgan fingerprint density at radius 2 is 1.61 bits per heavy atom. The first-order valence-electron chi connectivity index (χ1n) is 10.7. The molecule has 0 unspecified atom stereocenters. The van der Waals surface area contributed by atoms with Crippen molar-refractivity contribution in [3.05, 3.63) is 83.9 Å². The maximum Gasteiger partial charge on any atom is 0.147 e. The van der Waals surface area contributed by atoms with Gasteiger partial charge >= 0.3 is 0 Å². The topological polar surface area (TPSA) is 17.8 Å². The summed E-state index contributed by atoms with van der Waals surface area (Å²) in [7, 11) is 0. The first-order chi connectivity index (χ1) is 15.0. The van der Waals surface area contributed by atoms with Crippen molar-refractivity contribution in [2.24, 2.45) is 0 Å². The van der Waals surface area contributed by atoms with Crippen molar-refractivity contribution in [1.82, 2.24) is 9.55 Å². The lowest BCUT2D eigenvalue weighted by Crippen LogP contribution is -2.05. The van der Waals surface area contributed by atoms with Crippen LogP contribution < -0.4 is 0 Å². The summed E-state index contributed by atoms with van der Waals surface area (Å²) in [6, 6.07) is 17.8. The molecule has 2 heterocycles. The van der Waals surface area contributed by atoms with E-state index in [0.717, 1.165) is 5.69 Å². The van der Waals surface area contributed by atoms with Crippen LogP contribution in [0.25, 0.3) is 37.2 Å². The predicted octanol–water partition coefficient (Wildman–Crippen LogP) is 8.29. The molecule has 0 aliphatic heterocycles. The van der Waals surface area contributed by atoms with Gasteiger partial charge in [0.2, 0.25) is 0 Å². The predicted molar refractivity (Wildman–Crippen MR) is 130 cm³/mol. The number of imidazole rings is 1. The second-order valence-corrected chi connectivity index (χ2v) is 9.67. The third-order valence-corrected chi connectivity index (χ3v) is 7.10. The van der Waals surface area contributed by atoms with Gasteiger partial charge in [-0.25, -0.2) is 9.37 Å². The molecule has 2 nitrogen and oxygen atoms in total. The number of hydrogen-bond acceptors (Lipinski definition) is 2. The van der Waals surface area contributed by atoms with E-state index in [1.807, 2.05) is 23.6 Å². The molecule has 156 valence electrons. The monoisotopic (exact) mass is 428 g/mol. The Labute approximate surface area is 186 Å². The standard InChI is InChI=1S/C27H25FN2S/c1-16(2)20-15-21(17(3)4)25(26-24(20)19-10-6-8-12-23(19)31-26)30-14-13-29-27(30)18-9-5-7-11-22(18)28/h5-17H,1-4H3. The third-order valence-electron chi connectivity index (χ3n) is 5.92. The summed E-state index contributed by atoms with van der Waals surface area (Å²) in [5, 5.41) is 2.60. The second kappa shape index (κ2) is 7.61. The molecule has 0 bridgehead atoms. The quantitative estimate of drug-likeness (QED) is 0.281. The smallest absolute Gasteiger partial charge is 0.147 e. The fraction of sp³-hybridized carbons (Fsp3) is 0.222. The Hall–Kier alpha value is -2.98. The number of rotatable bonds is 4. The van der Waals surface area contributed by atoms with Crippen LogP contribution in [0.15, 0.2) is 67.0 Å². The zero-order valence-electron chi connectivity index (χ0n) is 18.2. The van der Waals surface area contributed by atoms with E-state index in [0.29, 0.717) is 23.2 Å². The number of aromatic nitrogens is 2. The Bertz CT molecular complexity index is 1410. The average molecular weight is 429 g/mol. The summed E-state index contributed by atoms with van der Waals surface area (Å²) in [4.78, 5) is 4.57. The average Bonchev–Trinajstić information content (AvgIpc) is 3.37. The molecule has 0 N–H and O–H groups in total.